The molecule has 3 nitrogen and oxygen atoms in total. The highest BCUT2D eigenvalue weighted by molar-refractivity contribution is 9.10. The fourth-order valence-electron chi connectivity index (χ4n) is 1.79. The van der Waals surface area contributed by atoms with Gasteiger partial charge in [-0.3, -0.25) is 9.78 Å². The number of hydrogen-bond donors (Lipinski definition) is 0. The smallest absolute Gasteiger partial charge is 0.178 e. The molecule has 19 heavy (non-hydrogen) atoms. The molecule has 2 aromatic rings. The summed E-state index contributed by atoms with van der Waals surface area (Å²) >= 11 is 3.54. The Balaban J connectivity index is 2.14. The molecule has 0 aliphatic rings. The summed E-state index contributed by atoms with van der Waals surface area (Å²) in [5.41, 5.74) is 2.69. The van der Waals surface area contributed by atoms with Gasteiger partial charge in [0.15, 0.2) is 5.78 Å². The predicted octanol–water partition coefficient (Wildman–Crippen LogP) is 3.68. The minimum absolute atomic E-state index is 0.0139. The van der Waals surface area contributed by atoms with Gasteiger partial charge in [0.1, 0.15) is 5.69 Å². The molecule has 98 valence electrons. The van der Waals surface area contributed by atoms with Gasteiger partial charge in [0.2, 0.25) is 0 Å². The van der Waals surface area contributed by atoms with E-state index < -0.39 is 0 Å². The first kappa shape index (κ1) is 13.7. The number of aromatic nitrogens is 1. The summed E-state index contributed by atoms with van der Waals surface area (Å²) in [7, 11) is 2.00. The van der Waals surface area contributed by atoms with Crippen LogP contribution in [0.3, 0.4) is 0 Å². The van der Waals surface area contributed by atoms with Gasteiger partial charge in [0, 0.05) is 25.0 Å². The summed E-state index contributed by atoms with van der Waals surface area (Å²) in [4.78, 5) is 17.4. The van der Waals surface area contributed by atoms with E-state index in [9.17, 15) is 4.79 Å². The molecule has 1 heterocycles. The molecule has 1 aromatic carbocycles. The zero-order valence-electron chi connectivity index (χ0n) is 10.9. The van der Waals surface area contributed by atoms with E-state index in [0.717, 1.165) is 16.7 Å². The van der Waals surface area contributed by atoms with Gasteiger partial charge in [0.05, 0.1) is 11.9 Å². The number of Topliss-reactive ketones (excluding diaryl/α,β-unsaturated/α-hetero) is 1. The number of pyridine rings is 1. The first-order valence-corrected chi connectivity index (χ1v) is 6.79. The van der Waals surface area contributed by atoms with Crippen molar-refractivity contribution in [3.8, 4) is 0 Å². The molecule has 0 saturated carbocycles. The summed E-state index contributed by atoms with van der Waals surface area (Å²) in [5.74, 6) is -0.0139. The number of nitrogens with zero attached hydrogens (tertiary/aromatic N) is 2. The normalized spacial score (nSPS) is 10.3. The van der Waals surface area contributed by atoms with Crippen LogP contribution in [0, 0.1) is 0 Å². The molecule has 0 aliphatic carbocycles. The van der Waals surface area contributed by atoms with Crippen molar-refractivity contribution in [2.24, 2.45) is 0 Å². The molecule has 0 bridgehead atoms. The van der Waals surface area contributed by atoms with E-state index in [2.05, 4.69) is 31.9 Å². The summed E-state index contributed by atoms with van der Waals surface area (Å²) in [5, 5.41) is 0. The Kier molecular flexibility index (Phi) is 4.32. The Labute approximate surface area is 121 Å². The van der Waals surface area contributed by atoms with Crippen LogP contribution >= 0.6 is 15.9 Å². The topological polar surface area (TPSA) is 33.2 Å². The Morgan fingerprint density at radius 1 is 1.26 bits per heavy atom. The standard InChI is InChI=1S/C15H15BrN2O/c1-11(19)15-8-7-13(9-17-15)18(2)10-12-5-3-4-6-14(12)16/h3-9H,10H2,1-2H3. The van der Waals surface area contributed by atoms with Crippen molar-refractivity contribution >= 4 is 27.4 Å². The summed E-state index contributed by atoms with van der Waals surface area (Å²) in [6.45, 7) is 2.30. The van der Waals surface area contributed by atoms with Crippen molar-refractivity contribution < 1.29 is 4.79 Å². The quantitative estimate of drug-likeness (QED) is 0.806. The zero-order chi connectivity index (χ0) is 13.8. The van der Waals surface area contributed by atoms with Crippen LogP contribution in [0.4, 0.5) is 5.69 Å². The van der Waals surface area contributed by atoms with Gasteiger partial charge in [0.25, 0.3) is 0 Å². The van der Waals surface area contributed by atoms with Crippen LogP contribution < -0.4 is 4.90 Å². The van der Waals surface area contributed by atoms with Gasteiger partial charge >= 0.3 is 0 Å². The first-order valence-electron chi connectivity index (χ1n) is 5.99. The van der Waals surface area contributed by atoms with Crippen LogP contribution in [-0.2, 0) is 6.54 Å². The molecular formula is C15H15BrN2O. The molecule has 0 spiro atoms. The molecule has 0 amide bonds. The fourth-order valence-corrected chi connectivity index (χ4v) is 2.20. The number of ketones is 1. The van der Waals surface area contributed by atoms with E-state index in [0.29, 0.717) is 5.69 Å². The van der Waals surface area contributed by atoms with E-state index in [1.807, 2.05) is 31.3 Å². The molecule has 0 N–H and O–H groups in total. The van der Waals surface area contributed by atoms with Crippen LogP contribution in [0.25, 0.3) is 0 Å². The van der Waals surface area contributed by atoms with Gasteiger partial charge in [-0.25, -0.2) is 0 Å². The number of anilines is 1. The van der Waals surface area contributed by atoms with Gasteiger partial charge < -0.3 is 4.90 Å². The van der Waals surface area contributed by atoms with Crippen LogP contribution in [-0.4, -0.2) is 17.8 Å². The molecule has 0 saturated heterocycles. The molecule has 0 aliphatic heterocycles. The van der Waals surface area contributed by atoms with E-state index >= 15 is 0 Å². The lowest BCUT2D eigenvalue weighted by atomic mass is 10.2. The lowest BCUT2D eigenvalue weighted by Gasteiger charge is -2.19. The van der Waals surface area contributed by atoms with Gasteiger partial charge in [-0.1, -0.05) is 34.1 Å². The van der Waals surface area contributed by atoms with Crippen molar-refractivity contribution in [1.29, 1.82) is 0 Å². The monoisotopic (exact) mass is 318 g/mol. The van der Waals surface area contributed by atoms with Crippen molar-refractivity contribution in [2.75, 3.05) is 11.9 Å². The SMILES string of the molecule is CC(=O)c1ccc(N(C)Cc2ccccc2Br)cn1. The largest absolute Gasteiger partial charge is 0.369 e. The summed E-state index contributed by atoms with van der Waals surface area (Å²) in [6.07, 6.45) is 1.73. The Bertz CT molecular complexity index is 581. The number of carbonyl (C=O) groups excluding carboxylic acids is 1. The summed E-state index contributed by atoms with van der Waals surface area (Å²) in [6, 6.07) is 11.8. The zero-order valence-corrected chi connectivity index (χ0v) is 12.5. The summed E-state index contributed by atoms with van der Waals surface area (Å²) < 4.78 is 1.09. The minimum atomic E-state index is -0.0139. The fraction of sp³-hybridized carbons (Fsp3) is 0.200. The number of benzene rings is 1. The maximum absolute atomic E-state index is 11.2. The van der Waals surface area contributed by atoms with Crippen molar-refractivity contribution in [2.45, 2.75) is 13.5 Å². The molecule has 0 atom stereocenters. The maximum atomic E-state index is 11.2. The highest BCUT2D eigenvalue weighted by Crippen LogP contribution is 2.20. The van der Waals surface area contributed by atoms with Crippen molar-refractivity contribution in [1.82, 2.24) is 4.98 Å². The van der Waals surface area contributed by atoms with E-state index in [4.69, 9.17) is 0 Å². The number of hydrogen-bond acceptors (Lipinski definition) is 3. The van der Waals surface area contributed by atoms with E-state index in [1.54, 1.807) is 12.3 Å². The Morgan fingerprint density at radius 3 is 2.58 bits per heavy atom. The number of carbonyl (C=O) groups is 1. The molecule has 0 fully saturated rings. The third kappa shape index (κ3) is 3.41. The second kappa shape index (κ2) is 5.97. The molecule has 1 aromatic heterocycles. The minimum Gasteiger partial charge on any atom is -0.369 e. The third-order valence-electron chi connectivity index (χ3n) is 2.91. The molecule has 4 heteroatoms. The lowest BCUT2D eigenvalue weighted by Crippen LogP contribution is -2.17. The second-order valence-corrected chi connectivity index (χ2v) is 5.26. The average Bonchev–Trinajstić information content (AvgIpc) is 2.41. The van der Waals surface area contributed by atoms with Gasteiger partial charge in [-0.2, -0.15) is 0 Å². The Morgan fingerprint density at radius 2 is 2.00 bits per heavy atom. The van der Waals surface area contributed by atoms with Crippen molar-refractivity contribution in [3.05, 3.63) is 58.3 Å². The lowest BCUT2D eigenvalue weighted by molar-refractivity contribution is 0.101. The van der Waals surface area contributed by atoms with Crippen LogP contribution in [0.2, 0.25) is 0 Å². The third-order valence-corrected chi connectivity index (χ3v) is 3.69. The highest BCUT2D eigenvalue weighted by atomic mass is 79.9. The molecular weight excluding hydrogens is 304 g/mol. The maximum Gasteiger partial charge on any atom is 0.178 e. The van der Waals surface area contributed by atoms with Crippen LogP contribution in [0.1, 0.15) is 23.0 Å². The van der Waals surface area contributed by atoms with Crippen LogP contribution in [0.5, 0.6) is 0 Å². The molecule has 0 radical (unpaired) electrons. The average molecular weight is 319 g/mol. The van der Waals surface area contributed by atoms with Gasteiger partial charge in [-0.05, 0) is 23.8 Å². The predicted molar refractivity (Wildman–Crippen MR) is 80.5 cm³/mol. The highest BCUT2D eigenvalue weighted by Gasteiger charge is 2.06. The molecule has 0 unspecified atom stereocenters. The number of halogens is 1. The van der Waals surface area contributed by atoms with Gasteiger partial charge in [-0.15, -0.1) is 0 Å². The van der Waals surface area contributed by atoms with Crippen molar-refractivity contribution in [3.63, 3.8) is 0 Å². The van der Waals surface area contributed by atoms with E-state index in [-0.39, 0.29) is 5.78 Å². The van der Waals surface area contributed by atoms with E-state index in [1.165, 1.54) is 12.5 Å². The van der Waals surface area contributed by atoms with Crippen LogP contribution in [0.15, 0.2) is 47.1 Å². The molecule has 2 rings (SSSR count). The first-order chi connectivity index (χ1) is 9.08. The second-order valence-electron chi connectivity index (χ2n) is 4.41. The Hall–Kier alpha value is -1.68. The number of rotatable bonds is 4.